The van der Waals surface area contributed by atoms with Crippen LogP contribution in [0.15, 0.2) is 14.6 Å². The van der Waals surface area contributed by atoms with Gasteiger partial charge in [-0.15, -0.1) is 0 Å². The third kappa shape index (κ3) is 1.95. The number of carbonyl (C=O) groups is 1. The lowest BCUT2D eigenvalue weighted by atomic mass is 10.5. The maximum atomic E-state index is 10.9. The second-order valence-corrected chi connectivity index (χ2v) is 4.12. The summed E-state index contributed by atoms with van der Waals surface area (Å²) in [5, 5.41) is 2.49. The molecule has 1 unspecified atom stereocenters. The van der Waals surface area contributed by atoms with Crippen LogP contribution in [0.25, 0.3) is 0 Å². The molecule has 1 heterocycles. The Labute approximate surface area is 71.0 Å². The third-order valence-electron chi connectivity index (χ3n) is 0.878. The molecule has 0 aromatic carbocycles. The number of hydrogen-bond donors (Lipinski definition) is 1. The Hall–Kier alpha value is -0.0900. The number of halogens is 1. The highest BCUT2D eigenvalue weighted by Crippen LogP contribution is 2.15. The van der Waals surface area contributed by atoms with E-state index in [9.17, 15) is 4.79 Å². The third-order valence-corrected chi connectivity index (χ3v) is 3.26. The van der Waals surface area contributed by atoms with E-state index >= 15 is 0 Å². The van der Waals surface area contributed by atoms with E-state index in [0.29, 0.717) is 0 Å². The van der Waals surface area contributed by atoms with Gasteiger partial charge in [-0.2, -0.15) is 0 Å². The molecule has 0 aromatic heterocycles. The van der Waals surface area contributed by atoms with E-state index in [-0.39, 0.29) is 26.6 Å². The normalized spacial score (nSPS) is 15.5. The quantitative estimate of drug-likeness (QED) is 0.549. The van der Waals surface area contributed by atoms with Gasteiger partial charge in [-0.25, -0.2) is 0 Å². The van der Waals surface area contributed by atoms with E-state index in [1.54, 1.807) is 12.3 Å². The maximum absolute atomic E-state index is 10.9. The number of aliphatic imine (C=N–C) groups is 1. The highest BCUT2D eigenvalue weighted by atomic mass is 127. The molecule has 1 N–H and O–H groups in total. The van der Waals surface area contributed by atoms with Crippen molar-refractivity contribution in [3.05, 3.63) is 9.66 Å². The molecular weight excluding hydrogens is 262 g/mol. The van der Waals surface area contributed by atoms with Crippen LogP contribution in [0.1, 0.15) is 0 Å². The summed E-state index contributed by atoms with van der Waals surface area (Å²) in [7, 11) is 2.18. The monoisotopic (exact) mass is 268 g/mol. The van der Waals surface area contributed by atoms with Gasteiger partial charge in [-0.1, -0.05) is 20.7 Å². The molecule has 0 bridgehead atoms. The van der Waals surface area contributed by atoms with Crippen molar-refractivity contribution in [1.82, 2.24) is 5.09 Å². The predicted molar refractivity (Wildman–Crippen MR) is 54.5 cm³/mol. The van der Waals surface area contributed by atoms with Crippen molar-refractivity contribution < 1.29 is 4.79 Å². The molecular formula is C5H6IN2OP. The van der Waals surface area contributed by atoms with Crippen LogP contribution in [0.4, 0.5) is 0 Å². The molecule has 0 radical (unpaired) electrons. The summed E-state index contributed by atoms with van der Waals surface area (Å²) < 4.78 is 2.66. The SMILES string of the molecule is O=C(NP)C1=CC=NC=I1. The van der Waals surface area contributed by atoms with Gasteiger partial charge in [-0.3, -0.25) is 9.79 Å². The van der Waals surface area contributed by atoms with Crippen molar-refractivity contribution in [1.29, 1.82) is 0 Å². The average Bonchev–Trinajstić information content (AvgIpc) is 2.05. The number of allylic oxidation sites excluding steroid dienone is 1. The first kappa shape index (κ1) is 8.01. The van der Waals surface area contributed by atoms with Crippen LogP contribution in [0.2, 0.25) is 0 Å². The summed E-state index contributed by atoms with van der Waals surface area (Å²) in [5.74, 6) is -0.0137. The molecule has 1 aliphatic heterocycles. The lowest BCUT2D eigenvalue weighted by Gasteiger charge is -1.98. The molecule has 0 aliphatic carbocycles. The standard InChI is InChI=1S/C5H6IN2OP/c9-5(8-10)4-1-2-7-3-6-4/h1-3H,10H2,(H,8,9). The molecule has 10 heavy (non-hydrogen) atoms. The van der Waals surface area contributed by atoms with Crippen molar-refractivity contribution in [3.63, 3.8) is 0 Å². The topological polar surface area (TPSA) is 41.5 Å². The minimum Gasteiger partial charge on any atom is -0.336 e. The van der Waals surface area contributed by atoms with E-state index in [0.717, 1.165) is 3.58 Å². The van der Waals surface area contributed by atoms with Crippen LogP contribution in [0.5, 0.6) is 0 Å². The van der Waals surface area contributed by atoms with E-state index in [1.807, 2.05) is 4.14 Å². The minimum absolute atomic E-state index is 0.0137. The summed E-state index contributed by atoms with van der Waals surface area (Å²) in [6, 6.07) is 0. The number of nitrogens with zero attached hydrogens (tertiary/aromatic N) is 1. The van der Waals surface area contributed by atoms with Crippen molar-refractivity contribution >= 4 is 46.4 Å². The second kappa shape index (κ2) is 3.93. The Morgan fingerprint density at radius 3 is 3.10 bits per heavy atom. The Bertz CT molecular complexity index is 234. The van der Waals surface area contributed by atoms with Crippen LogP contribution in [-0.4, -0.2) is 16.3 Å². The Kier molecular flexibility index (Phi) is 3.15. The maximum Gasteiger partial charge on any atom is 0.259 e. The van der Waals surface area contributed by atoms with Gasteiger partial charge < -0.3 is 5.09 Å². The molecule has 1 rings (SSSR count). The van der Waals surface area contributed by atoms with Gasteiger partial charge in [0.1, 0.15) is 0 Å². The number of hydrogen-bond acceptors (Lipinski definition) is 2. The average molecular weight is 268 g/mol. The molecule has 0 aromatic rings. The Morgan fingerprint density at radius 1 is 1.80 bits per heavy atom. The van der Waals surface area contributed by atoms with Crippen LogP contribution < -0.4 is 5.09 Å². The molecule has 1 aliphatic rings. The van der Waals surface area contributed by atoms with Crippen molar-refractivity contribution in [2.45, 2.75) is 0 Å². The second-order valence-electron chi connectivity index (χ2n) is 1.49. The van der Waals surface area contributed by atoms with Crippen molar-refractivity contribution in [2.24, 2.45) is 4.99 Å². The van der Waals surface area contributed by atoms with E-state index in [2.05, 4.69) is 19.5 Å². The first-order valence-electron chi connectivity index (χ1n) is 2.54. The fourth-order valence-electron chi connectivity index (χ4n) is 0.452. The van der Waals surface area contributed by atoms with Crippen LogP contribution in [0.3, 0.4) is 0 Å². The van der Waals surface area contributed by atoms with Crippen molar-refractivity contribution in [2.75, 3.05) is 0 Å². The first-order valence-corrected chi connectivity index (χ1v) is 5.44. The summed E-state index contributed by atoms with van der Waals surface area (Å²) in [6.07, 6.45) is 3.39. The highest BCUT2D eigenvalue weighted by Gasteiger charge is 2.03. The van der Waals surface area contributed by atoms with E-state index < -0.39 is 0 Å². The zero-order valence-electron chi connectivity index (χ0n) is 5.04. The van der Waals surface area contributed by atoms with Gasteiger partial charge in [0.05, 0.1) is 7.72 Å². The smallest absolute Gasteiger partial charge is 0.259 e. The van der Waals surface area contributed by atoms with Gasteiger partial charge in [0, 0.05) is 6.21 Å². The zero-order chi connectivity index (χ0) is 7.40. The Balaban J connectivity index is 2.74. The van der Waals surface area contributed by atoms with E-state index in [1.165, 1.54) is 0 Å². The predicted octanol–water partition coefficient (Wildman–Crippen LogP) is 0.591. The fraction of sp³-hybridized carbons (Fsp3) is 0. The number of nitrogens with one attached hydrogen (secondary N) is 1. The first-order chi connectivity index (χ1) is 4.84. The molecule has 0 saturated heterocycles. The van der Waals surface area contributed by atoms with Crippen LogP contribution in [0, 0.1) is 0 Å². The summed E-state index contributed by atoms with van der Waals surface area (Å²) in [6.45, 7) is 0. The summed E-state index contributed by atoms with van der Waals surface area (Å²) in [4.78, 5) is 14.8. The molecule has 0 spiro atoms. The minimum atomic E-state index is -0.285. The molecule has 0 fully saturated rings. The summed E-state index contributed by atoms with van der Waals surface area (Å²) >= 11 is -0.285. The molecule has 3 nitrogen and oxygen atoms in total. The lowest BCUT2D eigenvalue weighted by molar-refractivity contribution is -0.114. The molecule has 1 atom stereocenters. The molecule has 1 amide bonds. The molecule has 5 heteroatoms. The van der Waals surface area contributed by atoms with Gasteiger partial charge in [0.2, 0.25) is 0 Å². The lowest BCUT2D eigenvalue weighted by Crippen LogP contribution is -2.11. The van der Waals surface area contributed by atoms with Crippen LogP contribution >= 0.6 is 30.1 Å². The molecule has 0 saturated carbocycles. The van der Waals surface area contributed by atoms with Gasteiger partial charge in [-0.05, 0) is 15.5 Å². The van der Waals surface area contributed by atoms with Gasteiger partial charge in [0.15, 0.2) is 0 Å². The fourth-order valence-corrected chi connectivity index (χ4v) is 2.36. The Morgan fingerprint density at radius 2 is 2.60 bits per heavy atom. The number of carbonyl (C=O) groups excluding carboxylic acids is 1. The van der Waals surface area contributed by atoms with Gasteiger partial charge in [0.25, 0.3) is 5.91 Å². The highest BCUT2D eigenvalue weighted by molar-refractivity contribution is 14.2. The molecule has 54 valence electrons. The van der Waals surface area contributed by atoms with Crippen LogP contribution in [-0.2, 0) is 4.79 Å². The van der Waals surface area contributed by atoms with Gasteiger partial charge >= 0.3 is 0 Å². The van der Waals surface area contributed by atoms with E-state index in [4.69, 9.17) is 0 Å². The largest absolute Gasteiger partial charge is 0.336 e. The zero-order valence-corrected chi connectivity index (χ0v) is 8.36. The van der Waals surface area contributed by atoms with Crippen molar-refractivity contribution in [3.8, 4) is 0 Å². The summed E-state index contributed by atoms with van der Waals surface area (Å²) in [5.41, 5.74) is 0. The number of rotatable bonds is 1. The number of amides is 1.